The zero-order valence-electron chi connectivity index (χ0n) is 16.8. The van der Waals surface area contributed by atoms with E-state index in [-0.39, 0.29) is 5.91 Å². The average molecular weight is 399 g/mol. The summed E-state index contributed by atoms with van der Waals surface area (Å²) in [6.07, 6.45) is 6.17. The van der Waals surface area contributed by atoms with Crippen LogP contribution in [0.5, 0.6) is 0 Å². The van der Waals surface area contributed by atoms with Crippen LogP contribution in [0.4, 0.5) is 5.82 Å². The number of aromatic amines is 1. The van der Waals surface area contributed by atoms with Crippen LogP contribution in [-0.2, 0) is 12.8 Å². The number of hydrogen-bond acceptors (Lipinski definition) is 4. The lowest BCUT2D eigenvalue weighted by Gasteiger charge is -2.08. The molecule has 152 valence electrons. The number of aryl methyl sites for hydroxylation is 1. The average Bonchev–Trinajstić information content (AvgIpc) is 3.21. The zero-order valence-corrected chi connectivity index (χ0v) is 16.8. The molecule has 6 nitrogen and oxygen atoms in total. The Morgan fingerprint density at radius 1 is 0.933 bits per heavy atom. The van der Waals surface area contributed by atoms with Crippen LogP contribution in [0.2, 0.25) is 0 Å². The molecule has 0 saturated heterocycles. The van der Waals surface area contributed by atoms with E-state index in [4.69, 9.17) is 0 Å². The summed E-state index contributed by atoms with van der Waals surface area (Å²) < 4.78 is 0. The fourth-order valence-electron chi connectivity index (χ4n) is 3.47. The minimum absolute atomic E-state index is 0.190. The van der Waals surface area contributed by atoms with Crippen molar-refractivity contribution >= 4 is 22.6 Å². The molecule has 0 saturated carbocycles. The molecule has 1 amide bonds. The maximum Gasteiger partial charge on any atom is 0.270 e. The molecule has 4 rings (SSSR count). The Kier molecular flexibility index (Phi) is 6.35. The first-order valence-electron chi connectivity index (χ1n) is 10.2. The maximum absolute atomic E-state index is 12.5. The summed E-state index contributed by atoms with van der Waals surface area (Å²) in [6, 6.07) is 20.2. The van der Waals surface area contributed by atoms with Gasteiger partial charge in [-0.2, -0.15) is 0 Å². The molecule has 4 aromatic rings. The van der Waals surface area contributed by atoms with E-state index in [1.54, 1.807) is 6.07 Å². The number of fused-ring (bicyclic) bond motifs is 1. The number of hydrogen-bond donors (Lipinski definition) is 3. The maximum atomic E-state index is 12.5. The summed E-state index contributed by atoms with van der Waals surface area (Å²) in [5.74, 6) is 0.476. The smallest absolute Gasteiger partial charge is 0.270 e. The lowest BCUT2D eigenvalue weighted by molar-refractivity contribution is 0.0949. The monoisotopic (exact) mass is 399 g/mol. The number of nitrogens with one attached hydrogen (secondary N) is 3. The first-order valence-corrected chi connectivity index (χ1v) is 10.2. The standard InChI is InChI=1S/C24H25N5O/c30-24(26-14-12-19-16-27-21-11-5-4-10-20(19)21)22-15-23(29-17-28-22)25-13-6-9-18-7-2-1-3-8-18/h1-5,7-8,10-11,15-17,27H,6,9,12-14H2,(H,26,30)(H,25,28,29). The summed E-state index contributed by atoms with van der Waals surface area (Å²) in [5.41, 5.74) is 3.98. The molecule has 0 spiro atoms. The molecular formula is C24H25N5O. The number of aromatic nitrogens is 3. The molecule has 30 heavy (non-hydrogen) atoms. The highest BCUT2D eigenvalue weighted by atomic mass is 16.1. The van der Waals surface area contributed by atoms with Gasteiger partial charge in [0.1, 0.15) is 17.8 Å². The first-order chi connectivity index (χ1) is 14.8. The van der Waals surface area contributed by atoms with Crippen molar-refractivity contribution in [2.24, 2.45) is 0 Å². The molecule has 2 aromatic heterocycles. The Bertz CT molecular complexity index is 1110. The predicted octanol–water partition coefficient (Wildman–Crippen LogP) is 3.98. The third kappa shape index (κ3) is 5.03. The van der Waals surface area contributed by atoms with Crippen molar-refractivity contribution in [2.75, 3.05) is 18.4 Å². The van der Waals surface area contributed by atoms with Crippen LogP contribution < -0.4 is 10.6 Å². The van der Waals surface area contributed by atoms with Crippen LogP contribution in [0, 0.1) is 0 Å². The van der Waals surface area contributed by atoms with Gasteiger partial charge in [-0.05, 0) is 36.5 Å². The van der Waals surface area contributed by atoms with Gasteiger partial charge in [0.05, 0.1) is 0 Å². The lowest BCUT2D eigenvalue weighted by atomic mass is 10.1. The molecule has 0 aliphatic carbocycles. The number of carbonyl (C=O) groups excluding carboxylic acids is 1. The highest BCUT2D eigenvalue weighted by molar-refractivity contribution is 5.92. The van der Waals surface area contributed by atoms with Gasteiger partial charge < -0.3 is 15.6 Å². The van der Waals surface area contributed by atoms with E-state index in [2.05, 4.69) is 55.9 Å². The largest absolute Gasteiger partial charge is 0.370 e. The highest BCUT2D eigenvalue weighted by Gasteiger charge is 2.09. The molecule has 2 heterocycles. The van der Waals surface area contributed by atoms with Crippen LogP contribution in [-0.4, -0.2) is 33.9 Å². The summed E-state index contributed by atoms with van der Waals surface area (Å²) in [6.45, 7) is 1.33. The van der Waals surface area contributed by atoms with Gasteiger partial charge in [0.15, 0.2) is 0 Å². The zero-order chi connectivity index (χ0) is 20.6. The van der Waals surface area contributed by atoms with E-state index in [0.29, 0.717) is 18.1 Å². The lowest BCUT2D eigenvalue weighted by Crippen LogP contribution is -2.26. The van der Waals surface area contributed by atoms with Crippen LogP contribution in [0.15, 0.2) is 73.2 Å². The fourth-order valence-corrected chi connectivity index (χ4v) is 3.47. The predicted molar refractivity (Wildman–Crippen MR) is 120 cm³/mol. The second-order valence-electron chi connectivity index (χ2n) is 7.17. The Balaban J connectivity index is 1.25. The van der Waals surface area contributed by atoms with Crippen molar-refractivity contribution < 1.29 is 4.79 Å². The number of anilines is 1. The van der Waals surface area contributed by atoms with Gasteiger partial charge in [0.25, 0.3) is 5.91 Å². The van der Waals surface area contributed by atoms with Gasteiger partial charge in [-0.15, -0.1) is 0 Å². The second kappa shape index (κ2) is 9.69. The minimum Gasteiger partial charge on any atom is -0.370 e. The van der Waals surface area contributed by atoms with Gasteiger partial charge in [-0.25, -0.2) is 9.97 Å². The van der Waals surface area contributed by atoms with Crippen molar-refractivity contribution in [3.05, 3.63) is 90.0 Å². The number of amides is 1. The molecule has 0 atom stereocenters. The highest BCUT2D eigenvalue weighted by Crippen LogP contribution is 2.17. The molecule has 2 aromatic carbocycles. The van der Waals surface area contributed by atoms with E-state index in [1.807, 2.05) is 30.5 Å². The molecule has 0 aliphatic rings. The van der Waals surface area contributed by atoms with E-state index in [1.165, 1.54) is 22.8 Å². The molecule has 0 aliphatic heterocycles. The third-order valence-electron chi connectivity index (χ3n) is 5.05. The van der Waals surface area contributed by atoms with Crippen LogP contribution in [0.25, 0.3) is 10.9 Å². The van der Waals surface area contributed by atoms with E-state index in [0.717, 1.165) is 31.3 Å². The van der Waals surface area contributed by atoms with Crippen molar-refractivity contribution in [1.82, 2.24) is 20.3 Å². The number of H-pyrrole nitrogens is 1. The van der Waals surface area contributed by atoms with Crippen LogP contribution in [0.3, 0.4) is 0 Å². The van der Waals surface area contributed by atoms with Crippen LogP contribution >= 0.6 is 0 Å². The molecule has 0 unspecified atom stereocenters. The normalized spacial score (nSPS) is 10.8. The number of rotatable bonds is 9. The molecule has 0 fully saturated rings. The third-order valence-corrected chi connectivity index (χ3v) is 5.05. The molecule has 6 heteroatoms. The first kappa shape index (κ1) is 19.6. The molecular weight excluding hydrogens is 374 g/mol. The quantitative estimate of drug-likeness (QED) is 0.372. The summed E-state index contributed by atoms with van der Waals surface area (Å²) in [7, 11) is 0. The van der Waals surface area contributed by atoms with Gasteiger partial charge in [0, 0.05) is 36.3 Å². The van der Waals surface area contributed by atoms with E-state index in [9.17, 15) is 4.79 Å². The molecule has 3 N–H and O–H groups in total. The van der Waals surface area contributed by atoms with Crippen molar-refractivity contribution in [3.63, 3.8) is 0 Å². The topological polar surface area (TPSA) is 82.7 Å². The van der Waals surface area contributed by atoms with Gasteiger partial charge in [-0.1, -0.05) is 48.5 Å². The summed E-state index contributed by atoms with van der Waals surface area (Å²) in [4.78, 5) is 24.1. The number of carbonyl (C=O) groups is 1. The van der Waals surface area contributed by atoms with E-state index < -0.39 is 0 Å². The SMILES string of the molecule is O=C(NCCc1c[nH]c2ccccc12)c1cc(NCCCc2ccccc2)ncn1. The fraction of sp³-hybridized carbons (Fsp3) is 0.208. The Labute approximate surface area is 175 Å². The van der Waals surface area contributed by atoms with Crippen molar-refractivity contribution in [3.8, 4) is 0 Å². The molecule has 0 bridgehead atoms. The van der Waals surface area contributed by atoms with Gasteiger partial charge in [-0.3, -0.25) is 4.79 Å². The summed E-state index contributed by atoms with van der Waals surface area (Å²) in [5, 5.41) is 7.41. The van der Waals surface area contributed by atoms with E-state index >= 15 is 0 Å². The Hall–Kier alpha value is -3.67. The number of nitrogens with zero attached hydrogens (tertiary/aromatic N) is 2. The van der Waals surface area contributed by atoms with Gasteiger partial charge in [0.2, 0.25) is 0 Å². The van der Waals surface area contributed by atoms with Gasteiger partial charge >= 0.3 is 0 Å². The van der Waals surface area contributed by atoms with Crippen molar-refractivity contribution in [1.29, 1.82) is 0 Å². The Morgan fingerprint density at radius 3 is 2.67 bits per heavy atom. The minimum atomic E-state index is -0.190. The summed E-state index contributed by atoms with van der Waals surface area (Å²) >= 11 is 0. The van der Waals surface area contributed by atoms with Crippen molar-refractivity contribution in [2.45, 2.75) is 19.3 Å². The second-order valence-corrected chi connectivity index (χ2v) is 7.17. The number of para-hydroxylation sites is 1. The molecule has 0 radical (unpaired) electrons. The Morgan fingerprint density at radius 2 is 1.77 bits per heavy atom. The van der Waals surface area contributed by atoms with Crippen LogP contribution in [0.1, 0.15) is 28.0 Å². The number of benzene rings is 2.